The second kappa shape index (κ2) is 6.53. The fraction of sp³-hybridized carbons (Fsp3) is 0.933. The molecule has 0 aromatic heterocycles. The highest BCUT2D eigenvalue weighted by Crippen LogP contribution is 2.28. The zero-order valence-corrected chi connectivity index (χ0v) is 11.3. The highest BCUT2D eigenvalue weighted by atomic mass is 16.1. The molecule has 0 atom stereocenters. The van der Waals surface area contributed by atoms with Gasteiger partial charge in [-0.05, 0) is 44.4 Å². The van der Waals surface area contributed by atoms with Gasteiger partial charge in [0.15, 0.2) is 0 Å². The molecule has 98 valence electrons. The van der Waals surface area contributed by atoms with Gasteiger partial charge in [0, 0.05) is 13.1 Å². The van der Waals surface area contributed by atoms with E-state index in [2.05, 4.69) is 4.90 Å². The van der Waals surface area contributed by atoms with Crippen LogP contribution in [0, 0.1) is 11.8 Å². The average molecular weight is 237 g/mol. The maximum absolute atomic E-state index is 11.4. The van der Waals surface area contributed by atoms with Crippen LogP contribution in [-0.2, 0) is 4.79 Å². The van der Waals surface area contributed by atoms with E-state index in [-0.39, 0.29) is 0 Å². The summed E-state index contributed by atoms with van der Waals surface area (Å²) in [7, 11) is 0. The summed E-state index contributed by atoms with van der Waals surface area (Å²) in [5.41, 5.74) is 0. The summed E-state index contributed by atoms with van der Waals surface area (Å²) in [4.78, 5) is 13.8. The number of hydrogen-bond acceptors (Lipinski definition) is 2. The molecule has 17 heavy (non-hydrogen) atoms. The van der Waals surface area contributed by atoms with Crippen LogP contribution in [0.25, 0.3) is 0 Å². The van der Waals surface area contributed by atoms with Crippen LogP contribution >= 0.6 is 0 Å². The Morgan fingerprint density at radius 2 is 1.35 bits per heavy atom. The third-order valence-electron chi connectivity index (χ3n) is 4.43. The quantitative estimate of drug-likeness (QED) is 0.706. The predicted molar refractivity (Wildman–Crippen MR) is 71.0 cm³/mol. The van der Waals surface area contributed by atoms with Gasteiger partial charge in [0.05, 0.1) is 6.54 Å². The van der Waals surface area contributed by atoms with Crippen molar-refractivity contribution in [2.24, 2.45) is 11.8 Å². The molecule has 0 saturated heterocycles. The van der Waals surface area contributed by atoms with Crippen molar-refractivity contribution in [3.8, 4) is 0 Å². The Kier molecular flexibility index (Phi) is 5.02. The number of hydrogen-bond donors (Lipinski definition) is 0. The summed E-state index contributed by atoms with van der Waals surface area (Å²) in [5.74, 6) is 2.08. The molecule has 2 saturated carbocycles. The van der Waals surface area contributed by atoms with Crippen LogP contribution in [0.3, 0.4) is 0 Å². The SMILES string of the molecule is CC(=O)CN(CC1CCCC1)CC1CCCC1. The first kappa shape index (κ1) is 13.1. The molecule has 0 N–H and O–H groups in total. The zero-order chi connectivity index (χ0) is 12.1. The van der Waals surface area contributed by atoms with E-state index in [0.717, 1.165) is 11.8 Å². The summed E-state index contributed by atoms with van der Waals surface area (Å²) >= 11 is 0. The monoisotopic (exact) mass is 237 g/mol. The zero-order valence-electron chi connectivity index (χ0n) is 11.3. The molecular weight excluding hydrogens is 210 g/mol. The van der Waals surface area contributed by atoms with Gasteiger partial charge in [0.2, 0.25) is 0 Å². The second-order valence-electron chi connectivity index (χ2n) is 6.20. The Hall–Kier alpha value is -0.370. The first-order valence-electron chi connectivity index (χ1n) is 7.46. The van der Waals surface area contributed by atoms with Crippen LogP contribution in [0.5, 0.6) is 0 Å². The fourth-order valence-corrected chi connectivity index (χ4v) is 3.63. The van der Waals surface area contributed by atoms with Crippen LogP contribution < -0.4 is 0 Å². The minimum atomic E-state index is 0.334. The summed E-state index contributed by atoms with van der Waals surface area (Å²) in [5, 5.41) is 0. The normalized spacial score (nSPS) is 22.7. The van der Waals surface area contributed by atoms with Gasteiger partial charge in [0.25, 0.3) is 0 Å². The Bertz CT molecular complexity index is 221. The average Bonchev–Trinajstić information content (AvgIpc) is 2.89. The van der Waals surface area contributed by atoms with Gasteiger partial charge in [0.1, 0.15) is 5.78 Å². The molecule has 0 aromatic carbocycles. The van der Waals surface area contributed by atoms with Gasteiger partial charge in [-0.25, -0.2) is 0 Å². The predicted octanol–water partition coefficient (Wildman–Crippen LogP) is 3.26. The van der Waals surface area contributed by atoms with E-state index in [9.17, 15) is 4.79 Å². The maximum Gasteiger partial charge on any atom is 0.143 e. The second-order valence-corrected chi connectivity index (χ2v) is 6.20. The Morgan fingerprint density at radius 1 is 0.941 bits per heavy atom. The molecule has 0 heterocycles. The number of nitrogens with zero attached hydrogens (tertiary/aromatic N) is 1. The van der Waals surface area contributed by atoms with Crippen molar-refractivity contribution in [1.82, 2.24) is 4.90 Å². The molecule has 0 bridgehead atoms. The lowest BCUT2D eigenvalue weighted by Crippen LogP contribution is -2.36. The summed E-state index contributed by atoms with van der Waals surface area (Å²) in [6.45, 7) is 4.77. The molecule has 2 aliphatic rings. The van der Waals surface area contributed by atoms with E-state index in [1.54, 1.807) is 6.92 Å². The lowest BCUT2D eigenvalue weighted by molar-refractivity contribution is -0.118. The molecular formula is C15H27NO. The highest BCUT2D eigenvalue weighted by molar-refractivity contribution is 5.77. The molecule has 0 aliphatic heterocycles. The van der Waals surface area contributed by atoms with Crippen LogP contribution in [0.1, 0.15) is 58.3 Å². The molecule has 2 rings (SSSR count). The lowest BCUT2D eigenvalue weighted by Gasteiger charge is -2.27. The van der Waals surface area contributed by atoms with Crippen LogP contribution in [0.15, 0.2) is 0 Å². The molecule has 2 fully saturated rings. The molecule has 0 spiro atoms. The number of ketones is 1. The fourth-order valence-electron chi connectivity index (χ4n) is 3.63. The maximum atomic E-state index is 11.4. The van der Waals surface area contributed by atoms with Crippen LogP contribution in [-0.4, -0.2) is 30.3 Å². The van der Waals surface area contributed by atoms with Crippen molar-refractivity contribution in [1.29, 1.82) is 0 Å². The van der Waals surface area contributed by atoms with Crippen molar-refractivity contribution in [3.63, 3.8) is 0 Å². The van der Waals surface area contributed by atoms with E-state index in [4.69, 9.17) is 0 Å². The molecule has 0 aromatic rings. The van der Waals surface area contributed by atoms with Crippen molar-refractivity contribution in [2.45, 2.75) is 58.3 Å². The van der Waals surface area contributed by atoms with E-state index >= 15 is 0 Å². The molecule has 0 unspecified atom stereocenters. The van der Waals surface area contributed by atoms with Gasteiger partial charge in [-0.2, -0.15) is 0 Å². The largest absolute Gasteiger partial charge is 0.299 e. The highest BCUT2D eigenvalue weighted by Gasteiger charge is 2.23. The third-order valence-corrected chi connectivity index (χ3v) is 4.43. The molecule has 0 amide bonds. The van der Waals surface area contributed by atoms with Gasteiger partial charge >= 0.3 is 0 Å². The number of rotatable bonds is 6. The minimum absolute atomic E-state index is 0.334. The standard InChI is InChI=1S/C15H27NO/c1-13(17)10-16(11-14-6-2-3-7-14)12-15-8-4-5-9-15/h14-15H,2-12H2,1H3. The van der Waals surface area contributed by atoms with Gasteiger partial charge in [-0.3, -0.25) is 9.69 Å². The van der Waals surface area contributed by atoms with Crippen LogP contribution in [0.2, 0.25) is 0 Å². The number of carbonyl (C=O) groups is 1. The van der Waals surface area contributed by atoms with Crippen molar-refractivity contribution >= 4 is 5.78 Å². The summed E-state index contributed by atoms with van der Waals surface area (Å²) in [6, 6.07) is 0. The van der Waals surface area contributed by atoms with E-state index in [1.807, 2.05) is 0 Å². The van der Waals surface area contributed by atoms with Crippen molar-refractivity contribution < 1.29 is 4.79 Å². The van der Waals surface area contributed by atoms with Gasteiger partial charge < -0.3 is 0 Å². The Labute approximate surface area is 106 Å². The third kappa shape index (κ3) is 4.42. The molecule has 2 aliphatic carbocycles. The van der Waals surface area contributed by atoms with Gasteiger partial charge in [-0.1, -0.05) is 25.7 Å². The van der Waals surface area contributed by atoms with Crippen LogP contribution in [0.4, 0.5) is 0 Å². The van der Waals surface area contributed by atoms with E-state index in [0.29, 0.717) is 12.3 Å². The molecule has 2 heteroatoms. The summed E-state index contributed by atoms with van der Waals surface area (Å²) < 4.78 is 0. The Balaban J connectivity index is 1.80. The number of carbonyl (C=O) groups excluding carboxylic acids is 1. The van der Waals surface area contributed by atoms with Gasteiger partial charge in [-0.15, -0.1) is 0 Å². The van der Waals surface area contributed by atoms with E-state index in [1.165, 1.54) is 64.5 Å². The van der Waals surface area contributed by atoms with Crippen molar-refractivity contribution in [3.05, 3.63) is 0 Å². The van der Waals surface area contributed by atoms with E-state index < -0.39 is 0 Å². The smallest absolute Gasteiger partial charge is 0.143 e. The lowest BCUT2D eigenvalue weighted by atomic mass is 10.0. The minimum Gasteiger partial charge on any atom is -0.299 e. The Morgan fingerprint density at radius 3 is 1.71 bits per heavy atom. The molecule has 0 radical (unpaired) electrons. The molecule has 2 nitrogen and oxygen atoms in total. The van der Waals surface area contributed by atoms with Crippen molar-refractivity contribution in [2.75, 3.05) is 19.6 Å². The first-order valence-corrected chi connectivity index (χ1v) is 7.46. The topological polar surface area (TPSA) is 20.3 Å². The summed E-state index contributed by atoms with van der Waals surface area (Å²) in [6.07, 6.45) is 11.2. The number of Topliss-reactive ketones (excluding diaryl/α,β-unsaturated/α-hetero) is 1. The first-order chi connectivity index (χ1) is 8.24.